The van der Waals surface area contributed by atoms with E-state index < -0.39 is 23.9 Å². The second kappa shape index (κ2) is 8.38. The molecule has 8 heteroatoms. The average molecular weight is 372 g/mol. The van der Waals surface area contributed by atoms with Crippen molar-refractivity contribution >= 4 is 42.1 Å². The van der Waals surface area contributed by atoms with Crippen LogP contribution in [-0.2, 0) is 4.52 Å². The molecule has 4 nitrogen and oxygen atoms in total. The monoisotopic (exact) mass is 371 g/mol. The number of nitrogens with one attached hydrogen (secondary N) is 1. The van der Waals surface area contributed by atoms with Gasteiger partial charge in [-0.3, -0.25) is 5.09 Å². The summed E-state index contributed by atoms with van der Waals surface area (Å²) in [6.07, 6.45) is -1.68. The van der Waals surface area contributed by atoms with Gasteiger partial charge in [0.1, 0.15) is 6.10 Å². The smallest absolute Gasteiger partial charge is 0.105 e. The Labute approximate surface area is 140 Å². The highest BCUT2D eigenvalue weighted by Gasteiger charge is 2.38. The van der Waals surface area contributed by atoms with Gasteiger partial charge >= 0.3 is 0 Å². The van der Waals surface area contributed by atoms with E-state index >= 15 is 0 Å². The second-order valence-corrected chi connectivity index (χ2v) is 6.63. The van der Waals surface area contributed by atoms with Crippen molar-refractivity contribution in [2.75, 3.05) is 0 Å². The van der Waals surface area contributed by atoms with Crippen LogP contribution in [-0.4, -0.2) is 28.0 Å². The van der Waals surface area contributed by atoms with Crippen LogP contribution >= 0.6 is 42.1 Å². The van der Waals surface area contributed by atoms with E-state index in [9.17, 15) is 10.2 Å². The fourth-order valence-electron chi connectivity index (χ4n) is 2.29. The Hall–Kier alpha value is 0.500. The second-order valence-electron chi connectivity index (χ2n) is 5.25. The molecule has 1 aromatic rings. The van der Waals surface area contributed by atoms with Crippen LogP contribution in [0.3, 0.4) is 0 Å². The number of aliphatic hydroxyl groups is 2. The van der Waals surface area contributed by atoms with E-state index in [1.54, 1.807) is 25.1 Å². The maximum absolute atomic E-state index is 10.4. The molecule has 0 spiro atoms. The van der Waals surface area contributed by atoms with E-state index in [0.717, 1.165) is 0 Å². The first kappa shape index (κ1) is 19.5. The van der Waals surface area contributed by atoms with Gasteiger partial charge in [-0.25, -0.2) is 0 Å². The van der Waals surface area contributed by atoms with Gasteiger partial charge in [0.25, 0.3) is 0 Å². The first-order valence-corrected chi connectivity index (χ1v) is 8.20. The number of hydrogen-bond acceptors (Lipinski definition) is 4. The van der Waals surface area contributed by atoms with E-state index in [-0.39, 0.29) is 0 Å². The van der Waals surface area contributed by atoms with Gasteiger partial charge in [-0.15, -0.1) is 0 Å². The molecule has 0 fully saturated rings. The lowest BCUT2D eigenvalue weighted by Gasteiger charge is -2.39. The number of halogens is 2. The fraction of sp³-hybridized carbons (Fsp3) is 0.538. The minimum Gasteiger partial charge on any atom is -0.391 e. The Bertz CT molecular complexity index is 479. The number of rotatable bonds is 7. The standard InChI is InChI=1S/C13H21Cl2NO3P2/c1-7(17)12(19-21)13(2,16-20)6-11(18)8-3-4-9(14)10(15)5-8/h3-5,7,11-12,16-18H,6,20-21H2,1-2H3/t7?,11?,12?,13-/m1/s1. The summed E-state index contributed by atoms with van der Waals surface area (Å²) < 4.78 is 5.28. The maximum atomic E-state index is 10.4. The van der Waals surface area contributed by atoms with Crippen molar-refractivity contribution in [1.82, 2.24) is 5.09 Å². The van der Waals surface area contributed by atoms with Crippen molar-refractivity contribution in [3.05, 3.63) is 33.8 Å². The zero-order chi connectivity index (χ0) is 16.2. The Morgan fingerprint density at radius 3 is 2.38 bits per heavy atom. The van der Waals surface area contributed by atoms with E-state index in [1.807, 2.05) is 6.92 Å². The lowest BCUT2D eigenvalue weighted by molar-refractivity contribution is -0.00976. The molecule has 6 atom stereocenters. The topological polar surface area (TPSA) is 61.7 Å². The number of aliphatic hydroxyl groups excluding tert-OH is 2. The molecule has 0 radical (unpaired) electrons. The van der Waals surface area contributed by atoms with Crippen LogP contribution in [0.25, 0.3) is 0 Å². The normalized spacial score (nSPS) is 18.9. The Kier molecular flexibility index (Phi) is 7.80. The van der Waals surface area contributed by atoms with E-state index in [2.05, 4.69) is 23.9 Å². The van der Waals surface area contributed by atoms with Crippen molar-refractivity contribution in [3.63, 3.8) is 0 Å². The molecule has 0 aliphatic carbocycles. The van der Waals surface area contributed by atoms with Crippen LogP contribution in [0.4, 0.5) is 0 Å². The predicted octanol–water partition coefficient (Wildman–Crippen LogP) is 3.11. The largest absolute Gasteiger partial charge is 0.391 e. The van der Waals surface area contributed by atoms with Crippen LogP contribution in [0.2, 0.25) is 10.0 Å². The summed E-state index contributed by atoms with van der Waals surface area (Å²) in [5, 5.41) is 24.1. The van der Waals surface area contributed by atoms with Gasteiger partial charge in [0, 0.05) is 9.47 Å². The summed E-state index contributed by atoms with van der Waals surface area (Å²) in [5.41, 5.74) is -0.00415. The molecule has 0 aliphatic rings. The third-order valence-corrected chi connectivity index (χ3v) is 5.18. The first-order chi connectivity index (χ1) is 9.75. The first-order valence-electron chi connectivity index (χ1n) is 6.39. The molecule has 0 bridgehead atoms. The SMILES string of the molecule is CC(O)C(OP)[C@@](C)(CC(O)c1ccc(Cl)c(Cl)c1)NP. The van der Waals surface area contributed by atoms with Gasteiger partial charge in [0.15, 0.2) is 0 Å². The predicted molar refractivity (Wildman–Crippen MR) is 93.6 cm³/mol. The maximum Gasteiger partial charge on any atom is 0.105 e. The van der Waals surface area contributed by atoms with Crippen molar-refractivity contribution in [2.45, 2.75) is 44.1 Å². The van der Waals surface area contributed by atoms with Crippen molar-refractivity contribution in [2.24, 2.45) is 0 Å². The number of hydrogen-bond donors (Lipinski definition) is 3. The van der Waals surface area contributed by atoms with Crippen molar-refractivity contribution < 1.29 is 14.7 Å². The molecule has 1 aromatic carbocycles. The van der Waals surface area contributed by atoms with Crippen molar-refractivity contribution in [3.8, 4) is 0 Å². The highest BCUT2D eigenvalue weighted by Crippen LogP contribution is 2.33. The third kappa shape index (κ3) is 4.99. The van der Waals surface area contributed by atoms with Gasteiger partial charge in [-0.05, 0) is 38.0 Å². The van der Waals surface area contributed by atoms with E-state index in [1.165, 1.54) is 0 Å². The van der Waals surface area contributed by atoms with Crippen LogP contribution in [0.15, 0.2) is 18.2 Å². The summed E-state index contributed by atoms with van der Waals surface area (Å²) in [6, 6.07) is 5.00. The summed E-state index contributed by atoms with van der Waals surface area (Å²) in [6.45, 7) is 3.50. The van der Waals surface area contributed by atoms with E-state index in [4.69, 9.17) is 27.7 Å². The summed E-state index contributed by atoms with van der Waals surface area (Å²) in [7, 11) is 4.56. The van der Waals surface area contributed by atoms with Gasteiger partial charge in [0.2, 0.25) is 0 Å². The summed E-state index contributed by atoms with van der Waals surface area (Å²) in [4.78, 5) is 0. The Balaban J connectivity index is 2.96. The molecule has 0 heterocycles. The summed E-state index contributed by atoms with van der Waals surface area (Å²) >= 11 is 11.8. The minimum atomic E-state index is -0.779. The van der Waals surface area contributed by atoms with Gasteiger partial charge in [-0.1, -0.05) is 38.7 Å². The molecule has 3 N–H and O–H groups in total. The molecule has 120 valence electrons. The molecule has 0 saturated heterocycles. The molecule has 0 aromatic heterocycles. The summed E-state index contributed by atoms with van der Waals surface area (Å²) in [5.74, 6) is 0. The average Bonchev–Trinajstić information content (AvgIpc) is 2.41. The molecule has 0 saturated carbocycles. The Morgan fingerprint density at radius 2 is 1.95 bits per heavy atom. The van der Waals surface area contributed by atoms with Gasteiger partial charge in [-0.2, -0.15) is 0 Å². The molecule has 1 rings (SSSR count). The minimum absolute atomic E-state index is 0.318. The lowest BCUT2D eigenvalue weighted by atomic mass is 9.85. The molecular weight excluding hydrogens is 351 g/mol. The Morgan fingerprint density at radius 1 is 1.33 bits per heavy atom. The highest BCUT2D eigenvalue weighted by atomic mass is 35.5. The third-order valence-electron chi connectivity index (χ3n) is 3.49. The lowest BCUT2D eigenvalue weighted by Crippen LogP contribution is -2.53. The molecular formula is C13H21Cl2NO3P2. The fourth-order valence-corrected chi connectivity index (χ4v) is 3.41. The van der Waals surface area contributed by atoms with Crippen LogP contribution in [0.1, 0.15) is 31.9 Å². The molecule has 0 aliphatic heterocycles. The van der Waals surface area contributed by atoms with Crippen LogP contribution in [0.5, 0.6) is 0 Å². The molecule has 0 amide bonds. The van der Waals surface area contributed by atoms with Crippen LogP contribution < -0.4 is 5.09 Å². The van der Waals surface area contributed by atoms with Gasteiger partial charge in [0.05, 0.1) is 27.8 Å². The number of benzene rings is 1. The molecule has 21 heavy (non-hydrogen) atoms. The van der Waals surface area contributed by atoms with Gasteiger partial charge < -0.3 is 14.7 Å². The quantitative estimate of drug-likeness (QED) is 0.644. The zero-order valence-electron chi connectivity index (χ0n) is 11.9. The van der Waals surface area contributed by atoms with Crippen LogP contribution in [0, 0.1) is 0 Å². The van der Waals surface area contributed by atoms with E-state index in [0.29, 0.717) is 22.0 Å². The van der Waals surface area contributed by atoms with Crippen molar-refractivity contribution in [1.29, 1.82) is 0 Å². The highest BCUT2D eigenvalue weighted by molar-refractivity contribution is 7.13. The molecule has 5 unspecified atom stereocenters. The zero-order valence-corrected chi connectivity index (χ0v) is 15.7.